The molecule has 0 N–H and O–H groups in total. The van der Waals surface area contributed by atoms with Crippen LogP contribution in [0.3, 0.4) is 0 Å². The summed E-state index contributed by atoms with van der Waals surface area (Å²) < 4.78 is 134. The molecule has 0 atom stereocenters. The number of halogens is 9. The number of alkyl halides is 9. The highest BCUT2D eigenvalue weighted by atomic mass is 28.4. The zero-order valence-electron chi connectivity index (χ0n) is 18.2. The first-order valence-corrected chi connectivity index (χ1v) is 11.6. The molecule has 0 spiro atoms. The van der Waals surface area contributed by atoms with E-state index >= 15 is 0 Å². The molecule has 2 aromatic rings. The summed E-state index contributed by atoms with van der Waals surface area (Å²) in [5.74, 6) is -19.4. The van der Waals surface area contributed by atoms with Crippen molar-refractivity contribution >= 4 is 8.80 Å². The van der Waals surface area contributed by atoms with Crippen LogP contribution in [-0.4, -0.2) is 48.2 Å². The van der Waals surface area contributed by atoms with Gasteiger partial charge in [0.1, 0.15) is 0 Å². The van der Waals surface area contributed by atoms with Crippen molar-refractivity contribution < 1.29 is 52.8 Å². The molecular weight excluding hydrogens is 499 g/mol. The monoisotopic (exact) mass is 520 g/mol. The Morgan fingerprint density at radius 2 is 1.03 bits per heavy atom. The first-order valence-electron chi connectivity index (χ1n) is 9.64. The molecule has 13 heteroatoms. The first kappa shape index (κ1) is 28.1. The third kappa shape index (κ3) is 5.11. The van der Waals surface area contributed by atoms with E-state index in [-0.39, 0.29) is 5.56 Å². The van der Waals surface area contributed by atoms with Crippen molar-refractivity contribution in [2.45, 2.75) is 36.4 Å². The molecule has 190 valence electrons. The highest BCUT2D eigenvalue weighted by Crippen LogP contribution is 2.56. The summed E-state index contributed by atoms with van der Waals surface area (Å²) in [5.41, 5.74) is -0.100. The fourth-order valence-electron chi connectivity index (χ4n) is 3.15. The van der Waals surface area contributed by atoms with Gasteiger partial charge in [-0.25, -0.2) is 0 Å². The Kier molecular flexibility index (Phi) is 8.18. The van der Waals surface area contributed by atoms with E-state index in [9.17, 15) is 39.5 Å². The van der Waals surface area contributed by atoms with Crippen LogP contribution in [0.2, 0.25) is 6.04 Å². The number of hydrogen-bond acceptors (Lipinski definition) is 3. The summed E-state index contributed by atoms with van der Waals surface area (Å²) in [5, 5.41) is 0. The van der Waals surface area contributed by atoms with Crippen LogP contribution in [0.5, 0.6) is 0 Å². The summed E-state index contributed by atoms with van der Waals surface area (Å²) in [7, 11) is 1.60. The van der Waals surface area contributed by atoms with Gasteiger partial charge in [-0.2, -0.15) is 39.5 Å². The minimum Gasteiger partial charge on any atom is -0.377 e. The van der Waals surface area contributed by atoms with Crippen LogP contribution < -0.4 is 0 Å². The van der Waals surface area contributed by atoms with Gasteiger partial charge in [0.2, 0.25) is 0 Å². The number of aryl methyl sites for hydroxylation is 1. The molecule has 0 aliphatic heterocycles. The van der Waals surface area contributed by atoms with E-state index in [1.807, 2.05) is 0 Å². The van der Waals surface area contributed by atoms with E-state index in [0.717, 1.165) is 17.7 Å². The van der Waals surface area contributed by atoms with Crippen LogP contribution in [0.1, 0.15) is 11.1 Å². The fourth-order valence-corrected chi connectivity index (χ4v) is 4.85. The second kappa shape index (κ2) is 9.88. The van der Waals surface area contributed by atoms with Crippen molar-refractivity contribution in [3.8, 4) is 11.1 Å². The van der Waals surface area contributed by atoms with Crippen molar-refractivity contribution in [1.82, 2.24) is 0 Å². The highest BCUT2D eigenvalue weighted by Gasteiger charge is 2.82. The molecule has 0 saturated carbocycles. The molecule has 0 bridgehead atoms. The van der Waals surface area contributed by atoms with Gasteiger partial charge in [0, 0.05) is 32.9 Å². The van der Waals surface area contributed by atoms with Gasteiger partial charge < -0.3 is 13.3 Å². The van der Waals surface area contributed by atoms with Gasteiger partial charge in [-0.3, -0.25) is 0 Å². The molecule has 0 heterocycles. The van der Waals surface area contributed by atoms with Crippen LogP contribution in [-0.2, 0) is 25.6 Å². The van der Waals surface area contributed by atoms with E-state index < -0.39 is 38.3 Å². The molecule has 2 rings (SSSR count). The Labute approximate surface area is 190 Å². The van der Waals surface area contributed by atoms with Crippen molar-refractivity contribution in [3.05, 3.63) is 59.7 Å². The van der Waals surface area contributed by atoms with E-state index in [1.165, 1.54) is 21.3 Å². The quantitative estimate of drug-likeness (QED) is 0.258. The average Bonchev–Trinajstić information content (AvgIpc) is 2.80. The van der Waals surface area contributed by atoms with Gasteiger partial charge in [-0.05, 0) is 23.1 Å². The molecule has 0 fully saturated rings. The molecule has 0 aliphatic carbocycles. The van der Waals surface area contributed by atoms with E-state index in [0.29, 0.717) is 30.2 Å². The van der Waals surface area contributed by atoms with Crippen LogP contribution >= 0.6 is 0 Å². The van der Waals surface area contributed by atoms with Gasteiger partial charge >= 0.3 is 32.7 Å². The van der Waals surface area contributed by atoms with E-state index in [2.05, 4.69) is 0 Å². The normalized spacial score (nSPS) is 13.9. The zero-order chi connectivity index (χ0) is 26.0. The van der Waals surface area contributed by atoms with E-state index in [1.54, 1.807) is 24.3 Å². The Bertz CT molecular complexity index is 933. The van der Waals surface area contributed by atoms with Crippen LogP contribution in [0.4, 0.5) is 39.5 Å². The Morgan fingerprint density at radius 3 is 1.41 bits per heavy atom. The maximum atomic E-state index is 14.1. The van der Waals surface area contributed by atoms with Crippen molar-refractivity contribution in [2.24, 2.45) is 0 Å². The molecule has 2 aromatic carbocycles. The average molecular weight is 520 g/mol. The lowest BCUT2D eigenvalue weighted by molar-refractivity contribution is -0.399. The molecule has 0 radical (unpaired) electrons. The predicted octanol–water partition coefficient (Wildman–Crippen LogP) is 6.70. The topological polar surface area (TPSA) is 27.7 Å². The Hall–Kier alpha value is -2.09. The lowest BCUT2D eigenvalue weighted by Gasteiger charge is -2.33. The largest absolute Gasteiger partial charge is 0.500 e. The van der Waals surface area contributed by atoms with Gasteiger partial charge in [0.05, 0.1) is 0 Å². The zero-order valence-corrected chi connectivity index (χ0v) is 19.2. The lowest BCUT2D eigenvalue weighted by atomic mass is 9.94. The maximum absolute atomic E-state index is 14.1. The third-order valence-electron chi connectivity index (χ3n) is 5.33. The lowest BCUT2D eigenvalue weighted by Crippen LogP contribution is -2.59. The number of rotatable bonds is 10. The summed E-state index contributed by atoms with van der Waals surface area (Å²) >= 11 is 0. The van der Waals surface area contributed by atoms with Crippen LogP contribution in [0, 0.1) is 0 Å². The standard InChI is InChI=1S/C21H21F9O3Si/c1-31-34(32-2,33-3)13-12-14-4-6-15(7-5-14)16-8-10-17(11-9-16)18(22,23)19(24,25)20(26,27)21(28,29)30/h4-11H,12-13H2,1-3H3. The van der Waals surface area contributed by atoms with E-state index in [4.69, 9.17) is 13.3 Å². The fraction of sp³-hybridized carbons (Fsp3) is 0.429. The Morgan fingerprint density at radius 1 is 0.618 bits per heavy atom. The molecule has 0 unspecified atom stereocenters. The van der Waals surface area contributed by atoms with Crippen LogP contribution in [0.15, 0.2) is 48.5 Å². The third-order valence-corrected chi connectivity index (χ3v) is 8.06. The van der Waals surface area contributed by atoms with Gasteiger partial charge in [-0.15, -0.1) is 0 Å². The second-order valence-electron chi connectivity index (χ2n) is 7.29. The minimum absolute atomic E-state index is 0.256. The minimum atomic E-state index is -6.94. The van der Waals surface area contributed by atoms with Gasteiger partial charge in [0.15, 0.2) is 0 Å². The van der Waals surface area contributed by atoms with Crippen molar-refractivity contribution in [1.29, 1.82) is 0 Å². The molecule has 3 nitrogen and oxygen atoms in total. The second-order valence-corrected chi connectivity index (χ2v) is 10.4. The SMILES string of the molecule is CO[Si](CCc1ccc(-c2ccc(C(F)(F)C(F)(F)C(F)(F)C(F)(F)F)cc2)cc1)(OC)OC. The van der Waals surface area contributed by atoms with Crippen LogP contribution in [0.25, 0.3) is 11.1 Å². The molecule has 0 aliphatic rings. The first-order chi connectivity index (χ1) is 15.6. The van der Waals surface area contributed by atoms with Gasteiger partial charge in [-0.1, -0.05) is 48.5 Å². The number of benzene rings is 2. The maximum Gasteiger partial charge on any atom is 0.500 e. The predicted molar refractivity (Wildman–Crippen MR) is 107 cm³/mol. The summed E-state index contributed by atoms with van der Waals surface area (Å²) in [6.07, 6.45) is -6.34. The summed E-state index contributed by atoms with van der Waals surface area (Å²) in [4.78, 5) is 0. The summed E-state index contributed by atoms with van der Waals surface area (Å²) in [6.45, 7) is 0. The molecule has 34 heavy (non-hydrogen) atoms. The highest BCUT2D eigenvalue weighted by molar-refractivity contribution is 6.60. The molecule has 0 saturated heterocycles. The summed E-state index contributed by atoms with van der Waals surface area (Å²) in [6, 6.07) is 9.72. The van der Waals surface area contributed by atoms with Gasteiger partial charge in [0.25, 0.3) is 0 Å². The Balaban J connectivity index is 2.22. The molecule has 0 amide bonds. The van der Waals surface area contributed by atoms with Crippen molar-refractivity contribution in [3.63, 3.8) is 0 Å². The van der Waals surface area contributed by atoms with Crippen molar-refractivity contribution in [2.75, 3.05) is 21.3 Å². The number of hydrogen-bond donors (Lipinski definition) is 0. The smallest absolute Gasteiger partial charge is 0.377 e. The molecular formula is C21H21F9O3Si. The molecule has 0 aromatic heterocycles.